The van der Waals surface area contributed by atoms with E-state index in [0.29, 0.717) is 42.3 Å². The van der Waals surface area contributed by atoms with Crippen LogP contribution in [0.4, 0.5) is 0 Å². The normalized spacial score (nSPS) is 15.8. The van der Waals surface area contributed by atoms with Crippen LogP contribution in [0.3, 0.4) is 0 Å². The second-order valence-electron chi connectivity index (χ2n) is 8.10. The molecular formula is C24H26N2O5. The summed E-state index contributed by atoms with van der Waals surface area (Å²) in [5, 5.41) is 3.08. The minimum Gasteiger partial charge on any atom is -0.486 e. The van der Waals surface area contributed by atoms with E-state index < -0.39 is 0 Å². The van der Waals surface area contributed by atoms with Gasteiger partial charge in [0.2, 0.25) is 5.91 Å². The van der Waals surface area contributed by atoms with Gasteiger partial charge in [-0.25, -0.2) is 0 Å². The van der Waals surface area contributed by atoms with Crippen LogP contribution in [0.25, 0.3) is 0 Å². The Morgan fingerprint density at radius 2 is 1.65 bits per heavy atom. The smallest absolute Gasteiger partial charge is 0.261 e. The maximum absolute atomic E-state index is 12.6. The summed E-state index contributed by atoms with van der Waals surface area (Å²) in [5.41, 5.74) is 1.80. The van der Waals surface area contributed by atoms with Crippen molar-refractivity contribution < 1.29 is 23.9 Å². The van der Waals surface area contributed by atoms with Crippen LogP contribution in [0.5, 0.6) is 11.5 Å². The third-order valence-corrected chi connectivity index (χ3v) is 5.57. The maximum atomic E-state index is 12.6. The number of carbonyl (C=O) groups excluding carboxylic acids is 3. The SMILES string of the molecule is CC(C)[C@@H](NC(=O)CCCN1C(=O)c2ccccc2C1=O)c1ccc2c(c1)OCCO2. The second kappa shape index (κ2) is 8.79. The Morgan fingerprint density at radius 1 is 1.00 bits per heavy atom. The van der Waals surface area contributed by atoms with Crippen molar-refractivity contribution in [3.8, 4) is 11.5 Å². The number of ether oxygens (including phenoxy) is 2. The summed E-state index contributed by atoms with van der Waals surface area (Å²) in [5.74, 6) is 0.863. The third-order valence-electron chi connectivity index (χ3n) is 5.57. The van der Waals surface area contributed by atoms with Crippen molar-refractivity contribution in [2.45, 2.75) is 32.7 Å². The van der Waals surface area contributed by atoms with E-state index in [2.05, 4.69) is 5.32 Å². The first kappa shape index (κ1) is 20.9. The van der Waals surface area contributed by atoms with Crippen LogP contribution in [0.15, 0.2) is 42.5 Å². The first-order chi connectivity index (χ1) is 15.0. The van der Waals surface area contributed by atoms with E-state index in [0.717, 1.165) is 5.56 Å². The van der Waals surface area contributed by atoms with Gasteiger partial charge >= 0.3 is 0 Å². The molecule has 2 aromatic rings. The highest BCUT2D eigenvalue weighted by molar-refractivity contribution is 6.21. The predicted octanol–water partition coefficient (Wildman–Crippen LogP) is 3.35. The molecule has 2 heterocycles. The largest absolute Gasteiger partial charge is 0.486 e. The number of nitrogens with one attached hydrogen (secondary N) is 1. The number of benzene rings is 2. The molecule has 0 aliphatic carbocycles. The van der Waals surface area contributed by atoms with E-state index in [1.165, 1.54) is 4.90 Å². The van der Waals surface area contributed by atoms with Crippen LogP contribution in [0.1, 0.15) is 59.0 Å². The average Bonchev–Trinajstić information content (AvgIpc) is 3.02. The van der Waals surface area contributed by atoms with Crippen LogP contribution >= 0.6 is 0 Å². The van der Waals surface area contributed by atoms with Gasteiger partial charge in [0.15, 0.2) is 11.5 Å². The van der Waals surface area contributed by atoms with Gasteiger partial charge in [-0.05, 0) is 42.2 Å². The molecule has 162 valence electrons. The standard InChI is InChI=1S/C24H26N2O5/c1-15(2)22(16-9-10-19-20(14-16)31-13-12-30-19)25-21(27)8-5-11-26-23(28)17-6-3-4-7-18(17)24(26)29/h3-4,6-7,9-10,14-15,22H,5,8,11-13H2,1-2H3,(H,25,27)/t22-/m1/s1. The Hall–Kier alpha value is -3.35. The van der Waals surface area contributed by atoms with E-state index in [1.54, 1.807) is 24.3 Å². The van der Waals surface area contributed by atoms with Crippen LogP contribution < -0.4 is 14.8 Å². The second-order valence-corrected chi connectivity index (χ2v) is 8.10. The molecule has 0 fully saturated rings. The highest BCUT2D eigenvalue weighted by Crippen LogP contribution is 2.34. The third kappa shape index (κ3) is 4.26. The Bertz CT molecular complexity index is 982. The lowest BCUT2D eigenvalue weighted by Gasteiger charge is -2.25. The Morgan fingerprint density at radius 3 is 2.29 bits per heavy atom. The van der Waals surface area contributed by atoms with Gasteiger partial charge in [-0.3, -0.25) is 19.3 Å². The van der Waals surface area contributed by atoms with Gasteiger partial charge < -0.3 is 14.8 Å². The number of fused-ring (bicyclic) bond motifs is 2. The molecule has 0 unspecified atom stereocenters. The van der Waals surface area contributed by atoms with Gasteiger partial charge in [-0.15, -0.1) is 0 Å². The van der Waals surface area contributed by atoms with Gasteiger partial charge in [0.1, 0.15) is 13.2 Å². The minimum atomic E-state index is -0.294. The van der Waals surface area contributed by atoms with Gasteiger partial charge in [0.25, 0.3) is 11.8 Å². The Kier molecular flexibility index (Phi) is 5.93. The Balaban J connectivity index is 1.34. The fourth-order valence-electron chi connectivity index (χ4n) is 3.97. The molecule has 0 aromatic heterocycles. The molecule has 7 nitrogen and oxygen atoms in total. The monoisotopic (exact) mass is 422 g/mol. The van der Waals surface area contributed by atoms with Crippen LogP contribution in [0.2, 0.25) is 0 Å². The fraction of sp³-hybridized carbons (Fsp3) is 0.375. The summed E-state index contributed by atoms with van der Waals surface area (Å²) in [6.45, 7) is 5.34. The van der Waals surface area contributed by atoms with Gasteiger partial charge in [-0.2, -0.15) is 0 Å². The molecule has 0 radical (unpaired) electrons. The van der Waals surface area contributed by atoms with Crippen LogP contribution in [-0.2, 0) is 4.79 Å². The summed E-state index contributed by atoms with van der Waals surface area (Å²) in [6, 6.07) is 12.3. The van der Waals surface area contributed by atoms with E-state index in [9.17, 15) is 14.4 Å². The first-order valence-corrected chi connectivity index (χ1v) is 10.6. The molecule has 3 amide bonds. The van der Waals surface area contributed by atoms with Crippen molar-refractivity contribution >= 4 is 17.7 Å². The molecule has 7 heteroatoms. The Labute approximate surface area is 181 Å². The zero-order chi connectivity index (χ0) is 22.0. The van der Waals surface area contributed by atoms with Crippen LogP contribution in [-0.4, -0.2) is 42.4 Å². The highest BCUT2D eigenvalue weighted by atomic mass is 16.6. The molecule has 1 N–H and O–H groups in total. The molecule has 0 bridgehead atoms. The maximum Gasteiger partial charge on any atom is 0.261 e. The topological polar surface area (TPSA) is 84.9 Å². The van der Waals surface area contributed by atoms with Gasteiger partial charge in [0, 0.05) is 13.0 Å². The van der Waals surface area contributed by atoms with Gasteiger partial charge in [-0.1, -0.05) is 32.0 Å². The molecule has 31 heavy (non-hydrogen) atoms. The van der Waals surface area contributed by atoms with Crippen molar-refractivity contribution in [3.05, 3.63) is 59.2 Å². The molecule has 2 aliphatic rings. The zero-order valence-corrected chi connectivity index (χ0v) is 17.7. The molecule has 2 aliphatic heterocycles. The predicted molar refractivity (Wildman–Crippen MR) is 114 cm³/mol. The van der Waals surface area contributed by atoms with Crippen molar-refractivity contribution in [1.82, 2.24) is 10.2 Å². The summed E-state index contributed by atoms with van der Waals surface area (Å²) in [4.78, 5) is 38.7. The highest BCUT2D eigenvalue weighted by Gasteiger charge is 2.34. The van der Waals surface area contributed by atoms with Crippen molar-refractivity contribution in [3.63, 3.8) is 0 Å². The summed E-state index contributed by atoms with van der Waals surface area (Å²) >= 11 is 0. The van der Waals surface area contributed by atoms with Gasteiger partial charge in [0.05, 0.1) is 17.2 Å². The summed E-state index contributed by atoms with van der Waals surface area (Å²) in [7, 11) is 0. The molecule has 0 saturated carbocycles. The molecular weight excluding hydrogens is 396 g/mol. The van der Waals surface area contributed by atoms with E-state index >= 15 is 0 Å². The molecule has 4 rings (SSSR count). The van der Waals surface area contributed by atoms with E-state index in [1.807, 2.05) is 32.0 Å². The summed E-state index contributed by atoms with van der Waals surface area (Å²) in [6.07, 6.45) is 0.629. The number of nitrogens with zero attached hydrogens (tertiary/aromatic N) is 1. The average molecular weight is 422 g/mol. The quantitative estimate of drug-likeness (QED) is 0.692. The molecule has 2 aromatic carbocycles. The molecule has 1 atom stereocenters. The lowest BCUT2D eigenvalue weighted by atomic mass is 9.95. The lowest BCUT2D eigenvalue weighted by molar-refractivity contribution is -0.122. The lowest BCUT2D eigenvalue weighted by Crippen LogP contribution is -2.34. The van der Waals surface area contributed by atoms with E-state index in [-0.39, 0.29) is 42.6 Å². The minimum absolute atomic E-state index is 0.120. The number of imide groups is 1. The number of amides is 3. The number of hydrogen-bond donors (Lipinski definition) is 1. The molecule has 0 saturated heterocycles. The number of rotatable bonds is 7. The number of carbonyl (C=O) groups is 3. The van der Waals surface area contributed by atoms with Crippen molar-refractivity contribution in [2.24, 2.45) is 5.92 Å². The zero-order valence-electron chi connectivity index (χ0n) is 17.7. The number of hydrogen-bond acceptors (Lipinski definition) is 5. The van der Waals surface area contributed by atoms with E-state index in [4.69, 9.17) is 9.47 Å². The fourth-order valence-corrected chi connectivity index (χ4v) is 3.97. The van der Waals surface area contributed by atoms with Crippen molar-refractivity contribution in [2.75, 3.05) is 19.8 Å². The molecule has 0 spiro atoms. The van der Waals surface area contributed by atoms with Crippen LogP contribution in [0, 0.1) is 5.92 Å². The summed E-state index contributed by atoms with van der Waals surface area (Å²) < 4.78 is 11.2. The van der Waals surface area contributed by atoms with Crippen molar-refractivity contribution in [1.29, 1.82) is 0 Å². The first-order valence-electron chi connectivity index (χ1n) is 10.6.